The van der Waals surface area contributed by atoms with E-state index in [1.54, 1.807) is 6.07 Å². The average molecular weight is 635 g/mol. The molecule has 0 atom stereocenters. The molecule has 240 valence electrons. The van der Waals surface area contributed by atoms with Crippen LogP contribution in [-0.4, -0.2) is 53.1 Å². The SMILES string of the molecule is COC(=O)c1cc(N)ccn1.COC(=O)c1cc(NC(=O)c2cc(F)c(C)cc2F)ccn1.Cc1cc(F)c(C(=O)O)cc1F.[HH].[HH]. The summed E-state index contributed by atoms with van der Waals surface area (Å²) in [7, 11) is 2.49. The fourth-order valence-electron chi connectivity index (χ4n) is 3.22. The first-order valence-electron chi connectivity index (χ1n) is 12.5. The van der Waals surface area contributed by atoms with Crippen LogP contribution in [-0.2, 0) is 9.47 Å². The number of rotatable bonds is 5. The van der Waals surface area contributed by atoms with Gasteiger partial charge in [-0.1, -0.05) is 0 Å². The zero-order valence-electron chi connectivity index (χ0n) is 24.2. The predicted molar refractivity (Wildman–Crippen MR) is 157 cm³/mol. The quantitative estimate of drug-likeness (QED) is 0.185. The Hall–Kier alpha value is -5.86. The third-order valence-corrected chi connectivity index (χ3v) is 5.56. The first-order valence-corrected chi connectivity index (χ1v) is 12.5. The van der Waals surface area contributed by atoms with E-state index in [9.17, 15) is 36.7 Å². The van der Waals surface area contributed by atoms with Gasteiger partial charge in [-0.25, -0.2) is 41.9 Å². The molecule has 4 aromatic rings. The summed E-state index contributed by atoms with van der Waals surface area (Å²) in [5, 5.41) is 10.7. The summed E-state index contributed by atoms with van der Waals surface area (Å²) in [6.07, 6.45) is 2.75. The molecule has 2 aromatic carbocycles. The standard InChI is InChI=1S/C15H12F2N2O3.C8H6F2O2.C7H8N2O2.2H2/c1-8-5-12(17)10(7-11(8)16)14(20)19-9-3-4-18-13(6-9)15(21)22-2;1-4-2-7(10)5(8(11)12)3-6(4)9;1-11-7(10)6-4-5(8)2-3-9-6;;/h3-7H,1-2H3,(H,18,19,20);2-3H,1H3,(H,11,12);2-4H,1H3,(H2,8,9);2*1H. The van der Waals surface area contributed by atoms with E-state index in [0.717, 1.165) is 18.2 Å². The number of hydrogen-bond acceptors (Lipinski definition) is 9. The van der Waals surface area contributed by atoms with Crippen molar-refractivity contribution >= 4 is 35.2 Å². The summed E-state index contributed by atoms with van der Waals surface area (Å²) in [6.45, 7) is 2.76. The number of methoxy groups -OCH3 is 2. The van der Waals surface area contributed by atoms with Crippen LogP contribution < -0.4 is 11.1 Å². The van der Waals surface area contributed by atoms with Gasteiger partial charge >= 0.3 is 17.9 Å². The van der Waals surface area contributed by atoms with Crippen LogP contribution in [0.2, 0.25) is 0 Å². The van der Waals surface area contributed by atoms with Gasteiger partial charge in [-0.15, -0.1) is 0 Å². The summed E-state index contributed by atoms with van der Waals surface area (Å²) < 4.78 is 61.6. The molecule has 0 aliphatic heterocycles. The molecule has 2 aromatic heterocycles. The van der Waals surface area contributed by atoms with Crippen LogP contribution in [0.5, 0.6) is 0 Å². The van der Waals surface area contributed by atoms with Gasteiger partial charge in [0.25, 0.3) is 5.91 Å². The van der Waals surface area contributed by atoms with Crippen molar-refractivity contribution in [1.82, 2.24) is 9.97 Å². The molecular weight excluding hydrogens is 604 g/mol. The minimum Gasteiger partial charge on any atom is -0.478 e. The van der Waals surface area contributed by atoms with Crippen LogP contribution in [0.1, 0.15) is 55.7 Å². The second-order valence-electron chi connectivity index (χ2n) is 8.81. The van der Waals surface area contributed by atoms with E-state index in [2.05, 4.69) is 24.8 Å². The zero-order chi connectivity index (χ0) is 33.8. The highest BCUT2D eigenvalue weighted by atomic mass is 19.1. The molecule has 0 unspecified atom stereocenters. The van der Waals surface area contributed by atoms with Gasteiger partial charge in [0.15, 0.2) is 0 Å². The maximum atomic E-state index is 13.7. The van der Waals surface area contributed by atoms with Crippen LogP contribution in [0.25, 0.3) is 0 Å². The number of benzene rings is 2. The Kier molecular flexibility index (Phi) is 12.7. The number of pyridine rings is 2. The summed E-state index contributed by atoms with van der Waals surface area (Å²) in [4.78, 5) is 52.0. The summed E-state index contributed by atoms with van der Waals surface area (Å²) in [5.41, 5.74) is 5.45. The maximum Gasteiger partial charge on any atom is 0.356 e. The molecule has 0 fully saturated rings. The number of carbonyl (C=O) groups is 4. The molecule has 0 aliphatic rings. The van der Waals surface area contributed by atoms with E-state index < -0.39 is 58.2 Å². The van der Waals surface area contributed by atoms with Gasteiger partial charge < -0.3 is 25.6 Å². The second kappa shape index (κ2) is 16.1. The molecule has 0 spiro atoms. The molecule has 4 N–H and O–H groups in total. The van der Waals surface area contributed by atoms with Crippen LogP contribution in [0, 0.1) is 37.1 Å². The van der Waals surface area contributed by atoms with E-state index >= 15 is 0 Å². The van der Waals surface area contributed by atoms with E-state index in [4.69, 9.17) is 10.8 Å². The number of halogens is 4. The number of esters is 2. The van der Waals surface area contributed by atoms with Gasteiger partial charge in [0.2, 0.25) is 0 Å². The van der Waals surface area contributed by atoms with Gasteiger partial charge in [-0.05, 0) is 73.5 Å². The molecule has 15 heteroatoms. The lowest BCUT2D eigenvalue weighted by atomic mass is 10.1. The number of ether oxygens (including phenoxy) is 2. The second-order valence-corrected chi connectivity index (χ2v) is 8.81. The Labute approximate surface area is 256 Å². The molecule has 1 amide bonds. The predicted octanol–water partition coefficient (Wildman–Crippen LogP) is 5.62. The van der Waals surface area contributed by atoms with Crippen LogP contribution in [0.3, 0.4) is 0 Å². The summed E-state index contributed by atoms with van der Waals surface area (Å²) >= 11 is 0. The largest absolute Gasteiger partial charge is 0.478 e. The molecular formula is C30H30F4N4O7. The van der Waals surface area contributed by atoms with Crippen molar-refractivity contribution in [2.75, 3.05) is 25.3 Å². The highest BCUT2D eigenvalue weighted by Crippen LogP contribution is 2.17. The van der Waals surface area contributed by atoms with Crippen molar-refractivity contribution in [3.63, 3.8) is 0 Å². The Morgan fingerprint density at radius 2 is 1.20 bits per heavy atom. The monoisotopic (exact) mass is 634 g/mol. The summed E-state index contributed by atoms with van der Waals surface area (Å²) in [6, 6.07) is 9.04. The third kappa shape index (κ3) is 10.1. The number of aryl methyl sites for hydroxylation is 2. The highest BCUT2D eigenvalue weighted by Gasteiger charge is 2.16. The number of nitrogen functional groups attached to an aromatic ring is 1. The third-order valence-electron chi connectivity index (χ3n) is 5.56. The topological polar surface area (TPSA) is 171 Å². The first-order chi connectivity index (χ1) is 21.2. The fourth-order valence-corrected chi connectivity index (χ4v) is 3.22. The molecule has 0 saturated heterocycles. The Morgan fingerprint density at radius 1 is 0.733 bits per heavy atom. The lowest BCUT2D eigenvalue weighted by Crippen LogP contribution is -2.15. The Balaban J connectivity index is 0.000000721. The van der Waals surface area contributed by atoms with E-state index in [1.807, 2.05) is 0 Å². The normalized spacial score (nSPS) is 9.87. The van der Waals surface area contributed by atoms with Gasteiger partial charge in [0, 0.05) is 26.6 Å². The number of anilines is 2. The number of carbonyl (C=O) groups excluding carboxylic acids is 3. The number of carboxylic acid groups (broad SMARTS) is 1. The number of carboxylic acids is 1. The van der Waals surface area contributed by atoms with Gasteiger partial charge in [0.1, 0.15) is 34.7 Å². The lowest BCUT2D eigenvalue weighted by molar-refractivity contribution is 0.0585. The maximum absolute atomic E-state index is 13.7. The van der Waals surface area contributed by atoms with Crippen LogP contribution >= 0.6 is 0 Å². The van der Waals surface area contributed by atoms with E-state index in [1.165, 1.54) is 58.7 Å². The molecule has 11 nitrogen and oxygen atoms in total. The van der Waals surface area contributed by atoms with Crippen molar-refractivity contribution in [2.24, 2.45) is 0 Å². The fraction of sp³-hybridized carbons (Fsp3) is 0.133. The number of hydrogen-bond donors (Lipinski definition) is 3. The molecule has 4 rings (SSSR count). The Morgan fingerprint density at radius 3 is 1.69 bits per heavy atom. The molecule has 0 bridgehead atoms. The average Bonchev–Trinajstić information content (AvgIpc) is 3.00. The molecule has 0 saturated carbocycles. The molecule has 0 radical (unpaired) electrons. The van der Waals surface area contributed by atoms with E-state index in [0.29, 0.717) is 11.8 Å². The van der Waals surface area contributed by atoms with Crippen LogP contribution in [0.4, 0.5) is 28.9 Å². The smallest absolute Gasteiger partial charge is 0.356 e. The molecule has 45 heavy (non-hydrogen) atoms. The number of nitrogens with one attached hydrogen (secondary N) is 1. The number of aromatic carboxylic acids is 1. The zero-order valence-corrected chi connectivity index (χ0v) is 24.2. The number of nitrogens with zero attached hydrogens (tertiary/aromatic N) is 2. The number of amides is 1. The van der Waals surface area contributed by atoms with Gasteiger partial charge in [-0.2, -0.15) is 0 Å². The van der Waals surface area contributed by atoms with Crippen molar-refractivity contribution in [3.8, 4) is 0 Å². The van der Waals surface area contributed by atoms with E-state index in [-0.39, 0.29) is 31.1 Å². The van der Waals surface area contributed by atoms with Crippen LogP contribution in [0.15, 0.2) is 60.9 Å². The molecule has 2 heterocycles. The van der Waals surface area contributed by atoms with Gasteiger partial charge in [0.05, 0.1) is 25.3 Å². The summed E-state index contributed by atoms with van der Waals surface area (Å²) in [5.74, 6) is -6.60. The van der Waals surface area contributed by atoms with Crippen molar-refractivity contribution in [2.45, 2.75) is 13.8 Å². The minimum absolute atomic E-state index is 0. The Bertz CT molecular complexity index is 1750. The minimum atomic E-state index is -1.47. The lowest BCUT2D eigenvalue weighted by Gasteiger charge is -2.08. The first kappa shape index (κ1) is 35.3. The van der Waals surface area contributed by atoms with Gasteiger partial charge in [-0.3, -0.25) is 4.79 Å². The number of aromatic nitrogens is 2. The highest BCUT2D eigenvalue weighted by molar-refractivity contribution is 6.05. The molecule has 0 aliphatic carbocycles. The van der Waals surface area contributed by atoms with Crippen molar-refractivity contribution in [3.05, 3.63) is 118 Å². The number of nitrogens with two attached hydrogens (primary N) is 1. The van der Waals surface area contributed by atoms with Crippen molar-refractivity contribution < 1.29 is 54.2 Å². The van der Waals surface area contributed by atoms with Crippen molar-refractivity contribution in [1.29, 1.82) is 0 Å².